The number of hydrogen-bond acceptors (Lipinski definition) is 3. The zero-order valence-corrected chi connectivity index (χ0v) is 11.3. The fourth-order valence-corrected chi connectivity index (χ4v) is 2.42. The molecule has 2 aliphatic carbocycles. The summed E-state index contributed by atoms with van der Waals surface area (Å²) in [6, 6.07) is 3.36. The second kappa shape index (κ2) is 4.83. The molecule has 2 saturated carbocycles. The molecule has 0 bridgehead atoms. The number of carbonyl (C=O) groups is 1. The molecule has 0 atom stereocenters. The van der Waals surface area contributed by atoms with E-state index in [-0.39, 0.29) is 0 Å². The van der Waals surface area contributed by atoms with Gasteiger partial charge in [-0.15, -0.1) is 0 Å². The third kappa shape index (κ3) is 3.25. The van der Waals surface area contributed by atoms with E-state index in [0.717, 1.165) is 36.4 Å². The normalized spacial score (nSPS) is 18.4. The van der Waals surface area contributed by atoms with Gasteiger partial charge < -0.3 is 10.0 Å². The van der Waals surface area contributed by atoms with Gasteiger partial charge in [-0.05, 0) is 56.6 Å². The number of anilines is 1. The van der Waals surface area contributed by atoms with Crippen molar-refractivity contribution in [1.82, 2.24) is 4.98 Å². The van der Waals surface area contributed by atoms with Crippen LogP contribution in [0.4, 0.5) is 5.82 Å². The van der Waals surface area contributed by atoms with Crippen molar-refractivity contribution in [3.05, 3.63) is 23.4 Å². The van der Waals surface area contributed by atoms with Crippen molar-refractivity contribution in [2.45, 2.75) is 32.6 Å². The molecule has 0 spiro atoms. The summed E-state index contributed by atoms with van der Waals surface area (Å²) in [5, 5.41) is 9.16. The minimum Gasteiger partial charge on any atom is -0.478 e. The van der Waals surface area contributed by atoms with Gasteiger partial charge in [0.05, 0.1) is 5.56 Å². The average Bonchev–Trinajstić information content (AvgIpc) is 3.22. The Morgan fingerprint density at radius 2 is 1.84 bits per heavy atom. The number of carboxylic acid groups (broad SMARTS) is 1. The Hall–Kier alpha value is -1.58. The molecule has 2 fully saturated rings. The summed E-state index contributed by atoms with van der Waals surface area (Å²) in [4.78, 5) is 18.0. The van der Waals surface area contributed by atoms with Crippen LogP contribution in [0.2, 0.25) is 0 Å². The summed E-state index contributed by atoms with van der Waals surface area (Å²) in [5.41, 5.74) is 1.13. The Bertz CT molecular complexity index is 479. The Balaban J connectivity index is 1.84. The van der Waals surface area contributed by atoms with Crippen molar-refractivity contribution in [2.75, 3.05) is 18.0 Å². The van der Waals surface area contributed by atoms with Crippen LogP contribution in [-0.2, 0) is 0 Å². The molecule has 4 nitrogen and oxygen atoms in total. The van der Waals surface area contributed by atoms with Crippen LogP contribution in [0.1, 0.15) is 41.7 Å². The minimum atomic E-state index is -0.871. The van der Waals surface area contributed by atoms with Crippen LogP contribution in [0.25, 0.3) is 0 Å². The molecule has 0 saturated heterocycles. The standard InChI is InChI=1S/C15H20N2O2/c1-10-6-13(15(18)19)7-14(16-10)17(8-11-2-3-11)9-12-4-5-12/h6-7,11-12H,2-5,8-9H2,1H3,(H,18,19). The molecule has 0 unspecified atom stereocenters. The lowest BCUT2D eigenvalue weighted by Gasteiger charge is -2.24. The summed E-state index contributed by atoms with van der Waals surface area (Å²) < 4.78 is 0. The Labute approximate surface area is 113 Å². The van der Waals surface area contributed by atoms with Crippen molar-refractivity contribution in [3.8, 4) is 0 Å². The van der Waals surface area contributed by atoms with Gasteiger partial charge in [0.25, 0.3) is 0 Å². The molecule has 2 aliphatic rings. The van der Waals surface area contributed by atoms with Crippen LogP contribution in [0.3, 0.4) is 0 Å². The van der Waals surface area contributed by atoms with E-state index in [1.54, 1.807) is 12.1 Å². The second-order valence-corrected chi connectivity index (χ2v) is 5.95. The zero-order valence-electron chi connectivity index (χ0n) is 11.3. The molecule has 0 aromatic carbocycles. The zero-order chi connectivity index (χ0) is 13.4. The van der Waals surface area contributed by atoms with Gasteiger partial charge in [-0.2, -0.15) is 0 Å². The van der Waals surface area contributed by atoms with Gasteiger partial charge in [-0.25, -0.2) is 9.78 Å². The lowest BCUT2D eigenvalue weighted by molar-refractivity contribution is 0.0696. The Morgan fingerprint density at radius 1 is 1.26 bits per heavy atom. The molecule has 1 aromatic heterocycles. The Kier molecular flexibility index (Phi) is 3.17. The molecule has 102 valence electrons. The highest BCUT2D eigenvalue weighted by Gasteiger charge is 2.30. The van der Waals surface area contributed by atoms with Crippen LogP contribution in [0.15, 0.2) is 12.1 Å². The summed E-state index contributed by atoms with van der Waals surface area (Å²) in [7, 11) is 0. The molecule has 0 aliphatic heterocycles. The van der Waals surface area contributed by atoms with Crippen LogP contribution in [0.5, 0.6) is 0 Å². The Morgan fingerprint density at radius 3 is 2.32 bits per heavy atom. The van der Waals surface area contributed by atoms with Crippen LogP contribution in [-0.4, -0.2) is 29.1 Å². The quantitative estimate of drug-likeness (QED) is 0.854. The van der Waals surface area contributed by atoms with Crippen molar-refractivity contribution in [2.24, 2.45) is 11.8 Å². The maximum Gasteiger partial charge on any atom is 0.335 e. The van der Waals surface area contributed by atoms with E-state index in [1.165, 1.54) is 25.7 Å². The minimum absolute atomic E-state index is 0.346. The van der Waals surface area contributed by atoms with Gasteiger partial charge in [0.2, 0.25) is 0 Å². The number of rotatable bonds is 6. The van der Waals surface area contributed by atoms with Crippen LogP contribution >= 0.6 is 0 Å². The lowest BCUT2D eigenvalue weighted by Crippen LogP contribution is -2.29. The average molecular weight is 260 g/mol. The van der Waals surface area contributed by atoms with Crippen molar-refractivity contribution in [1.29, 1.82) is 0 Å². The summed E-state index contributed by atoms with van der Waals surface area (Å²) in [5.74, 6) is 1.55. The number of carboxylic acids is 1. The number of aromatic nitrogens is 1. The van der Waals surface area contributed by atoms with Gasteiger partial charge in [0.1, 0.15) is 5.82 Å². The van der Waals surface area contributed by atoms with Crippen molar-refractivity contribution >= 4 is 11.8 Å². The van der Waals surface area contributed by atoms with Gasteiger partial charge in [0.15, 0.2) is 0 Å². The molecule has 1 heterocycles. The first kappa shape index (κ1) is 12.5. The van der Waals surface area contributed by atoms with E-state index >= 15 is 0 Å². The molecule has 1 aromatic rings. The third-order valence-electron chi connectivity index (χ3n) is 3.86. The molecule has 1 N–H and O–H groups in total. The smallest absolute Gasteiger partial charge is 0.335 e. The van der Waals surface area contributed by atoms with E-state index in [1.807, 2.05) is 6.92 Å². The summed E-state index contributed by atoms with van der Waals surface area (Å²) >= 11 is 0. The monoisotopic (exact) mass is 260 g/mol. The molecule has 3 rings (SSSR count). The maximum absolute atomic E-state index is 11.2. The first-order valence-electron chi connectivity index (χ1n) is 7.09. The highest BCUT2D eigenvalue weighted by molar-refractivity contribution is 5.88. The third-order valence-corrected chi connectivity index (χ3v) is 3.86. The fourth-order valence-electron chi connectivity index (χ4n) is 2.42. The SMILES string of the molecule is Cc1cc(C(=O)O)cc(N(CC2CC2)CC2CC2)n1. The van der Waals surface area contributed by atoms with Crippen LogP contribution < -0.4 is 4.90 Å². The number of nitrogens with zero attached hydrogens (tertiary/aromatic N) is 2. The van der Waals surface area contributed by atoms with Crippen molar-refractivity contribution in [3.63, 3.8) is 0 Å². The predicted octanol–water partition coefficient (Wildman–Crippen LogP) is 2.71. The van der Waals surface area contributed by atoms with E-state index in [2.05, 4.69) is 9.88 Å². The number of pyridine rings is 1. The van der Waals surface area contributed by atoms with E-state index < -0.39 is 5.97 Å². The van der Waals surface area contributed by atoms with Gasteiger partial charge >= 0.3 is 5.97 Å². The molecule has 0 amide bonds. The molecular formula is C15H20N2O2. The summed E-state index contributed by atoms with van der Waals surface area (Å²) in [6.45, 7) is 3.93. The van der Waals surface area contributed by atoms with Gasteiger partial charge in [-0.1, -0.05) is 0 Å². The topological polar surface area (TPSA) is 53.4 Å². The number of aryl methyl sites for hydroxylation is 1. The fraction of sp³-hybridized carbons (Fsp3) is 0.600. The van der Waals surface area contributed by atoms with E-state index in [9.17, 15) is 4.79 Å². The first-order chi connectivity index (χ1) is 9.11. The van der Waals surface area contributed by atoms with Gasteiger partial charge in [-0.3, -0.25) is 0 Å². The number of aromatic carboxylic acids is 1. The number of hydrogen-bond donors (Lipinski definition) is 1. The van der Waals surface area contributed by atoms with Crippen molar-refractivity contribution < 1.29 is 9.90 Å². The lowest BCUT2D eigenvalue weighted by atomic mass is 10.2. The van der Waals surface area contributed by atoms with Gasteiger partial charge in [0, 0.05) is 18.8 Å². The molecule has 0 radical (unpaired) electrons. The largest absolute Gasteiger partial charge is 0.478 e. The maximum atomic E-state index is 11.2. The second-order valence-electron chi connectivity index (χ2n) is 5.95. The first-order valence-corrected chi connectivity index (χ1v) is 7.09. The molecule has 4 heteroatoms. The molecular weight excluding hydrogens is 240 g/mol. The van der Waals surface area contributed by atoms with E-state index in [4.69, 9.17) is 5.11 Å². The summed E-state index contributed by atoms with van der Waals surface area (Å²) in [6.07, 6.45) is 5.22. The van der Waals surface area contributed by atoms with E-state index in [0.29, 0.717) is 5.56 Å². The highest BCUT2D eigenvalue weighted by Crippen LogP contribution is 2.35. The predicted molar refractivity (Wildman–Crippen MR) is 73.6 cm³/mol. The molecule has 19 heavy (non-hydrogen) atoms. The highest BCUT2D eigenvalue weighted by atomic mass is 16.4. The van der Waals surface area contributed by atoms with Crippen LogP contribution in [0, 0.1) is 18.8 Å².